The molecule has 0 N–H and O–H groups in total. The molecule has 0 rings (SSSR count). The van der Waals surface area contributed by atoms with Crippen LogP contribution in [0.5, 0.6) is 0 Å². The molecule has 0 saturated heterocycles. The van der Waals surface area contributed by atoms with Gasteiger partial charge in [-0.3, -0.25) is 0 Å². The van der Waals surface area contributed by atoms with E-state index in [1.165, 1.54) is 0 Å². The van der Waals surface area contributed by atoms with Gasteiger partial charge in [-0.25, -0.2) is 0 Å². The quantitative estimate of drug-likeness (QED) is 0.377. The summed E-state index contributed by atoms with van der Waals surface area (Å²) in [6.45, 7) is 2.22. The molecule has 0 aliphatic rings. The molecule has 32 valence electrons. The second-order valence-corrected chi connectivity index (χ2v) is 0.339. The van der Waals surface area contributed by atoms with Crippen molar-refractivity contribution >= 4 is 46.1 Å². The van der Waals surface area contributed by atoms with Gasteiger partial charge in [0.25, 0.3) is 6.08 Å². The van der Waals surface area contributed by atoms with Gasteiger partial charge in [0.1, 0.15) is 0 Å². The highest BCUT2D eigenvalue weighted by atomic mass is 24.3. The van der Waals surface area contributed by atoms with Crippen molar-refractivity contribution in [1.29, 1.82) is 0 Å². The maximum Gasteiger partial charge on any atom is 0.316 e. The summed E-state index contributed by atoms with van der Waals surface area (Å²) in [5.74, 6) is 0. The van der Waals surface area contributed by atoms with E-state index in [0.29, 0.717) is 0 Å². The van der Waals surface area contributed by atoms with Gasteiger partial charge in [-0.15, -0.1) is 0 Å². The van der Waals surface area contributed by atoms with Crippen LogP contribution in [0, 0.1) is 0 Å². The molecule has 0 aromatic heterocycles. The first-order valence-electron chi connectivity index (χ1n) is 0.732. The second-order valence-electron chi connectivity index (χ2n) is 0.339. The fourth-order valence-electron chi connectivity index (χ4n) is 0. The van der Waals surface area contributed by atoms with Crippen molar-refractivity contribution in [1.82, 2.24) is 0 Å². The van der Waals surface area contributed by atoms with Crippen molar-refractivity contribution in [3.8, 4) is 0 Å². The van der Waals surface area contributed by atoms with Crippen molar-refractivity contribution in [2.24, 2.45) is 0 Å². The lowest BCUT2D eigenvalue weighted by Crippen LogP contribution is -1.33. The Morgan fingerprint density at radius 1 is 1.17 bits per heavy atom. The smallest absolute Gasteiger partial charge is 0.174 e. The van der Waals surface area contributed by atoms with Gasteiger partial charge in [-0.2, -0.15) is 8.78 Å². The van der Waals surface area contributed by atoms with Crippen LogP contribution in [0.4, 0.5) is 8.78 Å². The van der Waals surface area contributed by atoms with Crippen LogP contribution in [0.3, 0.4) is 0 Å². The molecular weight excluding hydrogens is 111 g/mol. The monoisotopic (exact) mass is 116 g/mol. The summed E-state index contributed by atoms with van der Waals surface area (Å²) in [6, 6.07) is 0. The van der Waals surface area contributed by atoms with Gasteiger partial charge in [0, 0.05) is 0 Å². The zero-order chi connectivity index (χ0) is 3.58. The molecule has 0 amide bonds. The van der Waals surface area contributed by atoms with Crippen molar-refractivity contribution in [2.75, 3.05) is 0 Å². The minimum atomic E-state index is -1.83. The zero-order valence-corrected chi connectivity index (χ0v) is 1.96. The predicted molar refractivity (Wildman–Crippen MR) is 28.4 cm³/mol. The van der Waals surface area contributed by atoms with E-state index in [0.717, 1.165) is 0 Å². The maximum absolute atomic E-state index is 10.1. The Kier molecular flexibility index (Phi) is 24.8. The summed E-state index contributed by atoms with van der Waals surface area (Å²) in [7, 11) is 0. The van der Waals surface area contributed by atoms with Gasteiger partial charge in [0.2, 0.25) is 0 Å². The van der Waals surface area contributed by atoms with Gasteiger partial charge in [-0.1, -0.05) is 0 Å². The van der Waals surface area contributed by atoms with Gasteiger partial charge >= 0.3 is 46.1 Å². The number of rotatable bonds is 0. The average molecular weight is 117 g/mol. The third kappa shape index (κ3) is 68.3. The fourth-order valence-corrected chi connectivity index (χ4v) is 0. The lowest BCUT2D eigenvalue weighted by atomic mass is 11.2. The Balaban J connectivity index is -0.0000000450. The largest absolute Gasteiger partial charge is 0.316 e. The Morgan fingerprint density at radius 3 is 1.17 bits per heavy atom. The molecule has 0 bridgehead atoms. The molecule has 0 saturated carbocycles. The van der Waals surface area contributed by atoms with E-state index in [1.54, 1.807) is 0 Å². The fraction of sp³-hybridized carbons (Fsp3) is 0. The van der Waals surface area contributed by atoms with Crippen LogP contribution in [0.1, 0.15) is 0 Å². The van der Waals surface area contributed by atoms with E-state index in [2.05, 4.69) is 6.58 Å². The van der Waals surface area contributed by atoms with Gasteiger partial charge in [0.15, 0.2) is 0 Å². The molecular formula is C2H6F2Mg2. The highest BCUT2D eigenvalue weighted by molar-refractivity contribution is 5.76. The first-order valence-corrected chi connectivity index (χ1v) is 0.732. The third-order valence-electron chi connectivity index (χ3n) is 0. The van der Waals surface area contributed by atoms with Crippen LogP contribution < -0.4 is 0 Å². The van der Waals surface area contributed by atoms with Crippen LogP contribution in [-0.4, -0.2) is 46.1 Å². The number of halogens is 2. The minimum absolute atomic E-state index is 0. The summed E-state index contributed by atoms with van der Waals surface area (Å²) < 4.78 is 20.3. The molecule has 0 spiro atoms. The van der Waals surface area contributed by atoms with Gasteiger partial charge < -0.3 is 0 Å². The topological polar surface area (TPSA) is 0 Å². The van der Waals surface area contributed by atoms with E-state index in [9.17, 15) is 8.78 Å². The molecule has 0 unspecified atom stereocenters. The van der Waals surface area contributed by atoms with Crippen LogP contribution >= 0.6 is 0 Å². The minimum Gasteiger partial charge on any atom is -0.174 e. The predicted octanol–water partition coefficient (Wildman–Crippen LogP) is -0.436. The summed E-state index contributed by atoms with van der Waals surface area (Å²) in [4.78, 5) is 0. The molecule has 0 aliphatic heterocycles. The van der Waals surface area contributed by atoms with E-state index < -0.39 is 6.08 Å². The van der Waals surface area contributed by atoms with Crippen LogP contribution in [-0.2, 0) is 0 Å². The van der Waals surface area contributed by atoms with E-state index in [4.69, 9.17) is 0 Å². The zero-order valence-electron chi connectivity index (χ0n) is 1.96. The molecule has 6 heavy (non-hydrogen) atoms. The highest BCUT2D eigenvalue weighted by Gasteiger charge is 1.65. The standard InChI is InChI=1S/C2H2F2.2Mg.4H/c1-2(3)4;;;;;;/h1H2;;;;;;. The summed E-state index contributed by atoms with van der Waals surface area (Å²) in [5.41, 5.74) is 0. The molecule has 0 radical (unpaired) electrons. The van der Waals surface area contributed by atoms with Crippen LogP contribution in [0.2, 0.25) is 0 Å². The van der Waals surface area contributed by atoms with E-state index in [-0.39, 0.29) is 46.1 Å². The van der Waals surface area contributed by atoms with Gasteiger partial charge in [0.05, 0.1) is 0 Å². The van der Waals surface area contributed by atoms with Crippen LogP contribution in [0.15, 0.2) is 12.7 Å². The summed E-state index contributed by atoms with van der Waals surface area (Å²) in [6.07, 6.45) is -1.83. The van der Waals surface area contributed by atoms with Crippen molar-refractivity contribution in [3.63, 3.8) is 0 Å². The molecule has 0 heterocycles. The summed E-state index contributed by atoms with van der Waals surface area (Å²) in [5, 5.41) is 0. The SMILES string of the molecule is C=C(F)F.[MgH2].[MgH2]. The molecule has 0 aliphatic carbocycles. The lowest BCUT2D eigenvalue weighted by molar-refractivity contribution is 0.426. The molecule has 0 aromatic rings. The number of hydrogen-bond acceptors (Lipinski definition) is 0. The molecule has 4 heteroatoms. The Morgan fingerprint density at radius 2 is 1.17 bits per heavy atom. The number of hydrogen-bond donors (Lipinski definition) is 0. The normalized spacial score (nSPS) is 4.33. The van der Waals surface area contributed by atoms with Gasteiger partial charge in [-0.05, 0) is 6.58 Å². The van der Waals surface area contributed by atoms with Crippen molar-refractivity contribution in [3.05, 3.63) is 12.7 Å². The molecule has 0 fully saturated rings. The molecule has 0 aromatic carbocycles. The molecule has 0 atom stereocenters. The third-order valence-corrected chi connectivity index (χ3v) is 0. The van der Waals surface area contributed by atoms with E-state index >= 15 is 0 Å². The second kappa shape index (κ2) is 9.46. The Bertz CT molecular complexity index is 32.5. The first-order chi connectivity index (χ1) is 1.73. The van der Waals surface area contributed by atoms with Crippen molar-refractivity contribution < 1.29 is 8.78 Å². The Hall–Kier alpha value is 1.13. The Labute approximate surface area is 67.3 Å². The van der Waals surface area contributed by atoms with Crippen LogP contribution in [0.25, 0.3) is 0 Å². The average Bonchev–Trinajstić information content (AvgIpc) is 0.811. The van der Waals surface area contributed by atoms with E-state index in [1.807, 2.05) is 0 Å². The maximum atomic E-state index is 10.1. The molecule has 0 nitrogen and oxygen atoms in total. The lowest BCUT2D eigenvalue weighted by Gasteiger charge is -1.54. The summed E-state index contributed by atoms with van der Waals surface area (Å²) >= 11 is 0. The van der Waals surface area contributed by atoms with Crippen molar-refractivity contribution in [2.45, 2.75) is 0 Å². The highest BCUT2D eigenvalue weighted by Crippen LogP contribution is 1.85. The first kappa shape index (κ1) is 15.7.